The van der Waals surface area contributed by atoms with E-state index in [1.54, 1.807) is 21.3 Å². The van der Waals surface area contributed by atoms with Crippen molar-refractivity contribution in [2.75, 3.05) is 45.9 Å². The summed E-state index contributed by atoms with van der Waals surface area (Å²) in [5.41, 5.74) is 1.77. The van der Waals surface area contributed by atoms with E-state index in [4.69, 9.17) is 16.3 Å². The summed E-state index contributed by atoms with van der Waals surface area (Å²) in [4.78, 5) is 14.3. The number of piperazine rings is 1. The summed E-state index contributed by atoms with van der Waals surface area (Å²) in [7, 11) is -3.44. The van der Waals surface area contributed by atoms with Gasteiger partial charge in [0.2, 0.25) is 5.91 Å². The Labute approximate surface area is 189 Å². The first-order valence-electron chi connectivity index (χ1n) is 10.8. The van der Waals surface area contributed by atoms with Crippen LogP contribution in [0.15, 0.2) is 35.9 Å². The zero-order valence-electron chi connectivity index (χ0n) is 17.5. The fourth-order valence-corrected chi connectivity index (χ4v) is 5.97. The van der Waals surface area contributed by atoms with Crippen LogP contribution in [0.3, 0.4) is 0 Å². The van der Waals surface area contributed by atoms with E-state index in [-0.39, 0.29) is 5.91 Å². The molecule has 0 bridgehead atoms. The van der Waals surface area contributed by atoms with Gasteiger partial charge in [-0.25, -0.2) is 0 Å². The maximum Gasteiger partial charge on any atom is 0.282 e. The minimum atomic E-state index is -3.44. The van der Waals surface area contributed by atoms with Crippen molar-refractivity contribution in [3.05, 3.63) is 46.5 Å². The molecule has 0 aliphatic carbocycles. The molecule has 3 aliphatic rings. The highest BCUT2D eigenvalue weighted by atomic mass is 35.5. The third-order valence-electron chi connectivity index (χ3n) is 5.91. The second-order valence-corrected chi connectivity index (χ2v) is 10.4. The van der Waals surface area contributed by atoms with Crippen molar-refractivity contribution in [2.45, 2.75) is 25.7 Å². The Morgan fingerprint density at radius 3 is 2.35 bits per heavy atom. The van der Waals surface area contributed by atoms with E-state index in [1.807, 2.05) is 18.2 Å². The number of ether oxygens (including phenoxy) is 1. The molecular formula is C22H28ClN3O4S. The van der Waals surface area contributed by atoms with Gasteiger partial charge in [-0.05, 0) is 42.7 Å². The number of fused-ring (bicyclic) bond motifs is 1. The first-order chi connectivity index (χ1) is 14.9. The van der Waals surface area contributed by atoms with E-state index >= 15 is 0 Å². The number of carbonyl (C=O) groups is 1. The highest BCUT2D eigenvalue weighted by molar-refractivity contribution is 7.86. The van der Waals surface area contributed by atoms with E-state index in [0.29, 0.717) is 50.9 Å². The summed E-state index contributed by atoms with van der Waals surface area (Å²) in [6, 6.07) is 5.44. The molecule has 0 saturated carbocycles. The Kier molecular flexibility index (Phi) is 7.01. The minimum absolute atomic E-state index is 0.121. The predicted molar refractivity (Wildman–Crippen MR) is 121 cm³/mol. The largest absolute Gasteiger partial charge is 0.488 e. The number of hydrogen-bond donors (Lipinski definition) is 0. The van der Waals surface area contributed by atoms with Gasteiger partial charge in [-0.1, -0.05) is 30.5 Å². The number of halogens is 1. The number of nitrogens with zero attached hydrogens (tertiary/aromatic N) is 3. The summed E-state index contributed by atoms with van der Waals surface area (Å²) in [6.07, 6.45) is 9.25. The van der Waals surface area contributed by atoms with Crippen LogP contribution in [-0.2, 0) is 15.0 Å². The van der Waals surface area contributed by atoms with E-state index in [9.17, 15) is 13.2 Å². The third-order valence-corrected chi connectivity index (χ3v) is 8.19. The third kappa shape index (κ3) is 5.31. The molecular weight excluding hydrogens is 438 g/mol. The molecule has 1 aromatic carbocycles. The Morgan fingerprint density at radius 2 is 1.65 bits per heavy atom. The van der Waals surface area contributed by atoms with Crippen molar-refractivity contribution in [1.29, 1.82) is 0 Å². The summed E-state index contributed by atoms with van der Waals surface area (Å²) in [5.74, 6) is 0.652. The summed E-state index contributed by atoms with van der Waals surface area (Å²) >= 11 is 6.04. The van der Waals surface area contributed by atoms with Crippen LogP contribution >= 0.6 is 11.6 Å². The average Bonchev–Trinajstić information content (AvgIpc) is 3.07. The Balaban J connectivity index is 1.33. The lowest BCUT2D eigenvalue weighted by Gasteiger charge is -2.36. The van der Waals surface area contributed by atoms with E-state index < -0.39 is 10.2 Å². The quantitative estimate of drug-likeness (QED) is 0.641. The second-order valence-electron chi connectivity index (χ2n) is 8.07. The summed E-state index contributed by atoms with van der Waals surface area (Å²) in [6.45, 7) is 3.02. The maximum atomic E-state index is 12.9. The van der Waals surface area contributed by atoms with Crippen molar-refractivity contribution < 1.29 is 17.9 Å². The van der Waals surface area contributed by atoms with Gasteiger partial charge in [0, 0.05) is 55.9 Å². The lowest BCUT2D eigenvalue weighted by molar-refractivity contribution is -0.127. The number of hydrogen-bond acceptors (Lipinski definition) is 4. The molecule has 0 aromatic heterocycles. The molecule has 168 valence electrons. The number of amides is 1. The molecule has 1 amide bonds. The number of benzene rings is 1. The van der Waals surface area contributed by atoms with E-state index in [1.165, 1.54) is 10.4 Å². The summed E-state index contributed by atoms with van der Waals surface area (Å²) < 4.78 is 34.7. The first-order valence-corrected chi connectivity index (χ1v) is 12.6. The van der Waals surface area contributed by atoms with Gasteiger partial charge in [0.1, 0.15) is 12.4 Å². The normalized spacial score (nSPS) is 21.3. The molecule has 0 atom stereocenters. The molecule has 4 rings (SSSR count). The van der Waals surface area contributed by atoms with Gasteiger partial charge in [-0.2, -0.15) is 17.0 Å². The fourth-order valence-electron chi connectivity index (χ4n) is 4.12. The van der Waals surface area contributed by atoms with Crippen molar-refractivity contribution in [3.8, 4) is 5.75 Å². The standard InChI is InChI=1S/C22H28ClN3O4S/c23-20-6-7-21-19(16-20)15-18(17-30-21)5-8-22(27)24-11-13-26(14-12-24)31(28,29)25-9-3-1-2-4-10-25/h5-8,15-16H,1-4,9-14,17H2/b8-5+. The lowest BCUT2D eigenvalue weighted by Crippen LogP contribution is -2.54. The maximum absolute atomic E-state index is 12.9. The van der Waals surface area contributed by atoms with Crippen molar-refractivity contribution >= 4 is 33.8 Å². The topological polar surface area (TPSA) is 70.2 Å². The Bertz CT molecular complexity index is 976. The van der Waals surface area contributed by atoms with Gasteiger partial charge in [0.25, 0.3) is 10.2 Å². The van der Waals surface area contributed by atoms with Crippen LogP contribution < -0.4 is 4.74 Å². The van der Waals surface area contributed by atoms with Crippen LogP contribution in [0.25, 0.3) is 6.08 Å². The fraction of sp³-hybridized carbons (Fsp3) is 0.500. The van der Waals surface area contributed by atoms with Crippen molar-refractivity contribution in [3.63, 3.8) is 0 Å². The molecule has 0 spiro atoms. The Morgan fingerprint density at radius 1 is 0.968 bits per heavy atom. The minimum Gasteiger partial charge on any atom is -0.488 e. The monoisotopic (exact) mass is 465 g/mol. The van der Waals surface area contributed by atoms with E-state index in [0.717, 1.165) is 42.6 Å². The van der Waals surface area contributed by atoms with Gasteiger partial charge < -0.3 is 9.64 Å². The zero-order chi connectivity index (χ0) is 21.8. The molecule has 0 unspecified atom stereocenters. The highest BCUT2D eigenvalue weighted by Crippen LogP contribution is 2.29. The van der Waals surface area contributed by atoms with Crippen LogP contribution in [0.2, 0.25) is 5.02 Å². The van der Waals surface area contributed by atoms with Crippen LogP contribution in [0.1, 0.15) is 31.2 Å². The molecule has 7 nitrogen and oxygen atoms in total. The lowest BCUT2D eigenvalue weighted by atomic mass is 10.1. The molecule has 2 saturated heterocycles. The molecule has 3 aliphatic heterocycles. The predicted octanol–water partition coefficient (Wildman–Crippen LogP) is 2.94. The smallest absolute Gasteiger partial charge is 0.282 e. The van der Waals surface area contributed by atoms with Crippen molar-refractivity contribution in [1.82, 2.24) is 13.5 Å². The zero-order valence-corrected chi connectivity index (χ0v) is 19.1. The van der Waals surface area contributed by atoms with Crippen LogP contribution in [0.5, 0.6) is 5.75 Å². The molecule has 31 heavy (non-hydrogen) atoms. The Hall–Kier alpha value is -1.87. The molecule has 1 aromatic rings. The first kappa shape index (κ1) is 22.3. The molecule has 9 heteroatoms. The van der Waals surface area contributed by atoms with E-state index in [2.05, 4.69) is 0 Å². The molecule has 0 N–H and O–H groups in total. The van der Waals surface area contributed by atoms with Gasteiger partial charge in [-0.3, -0.25) is 4.79 Å². The van der Waals surface area contributed by atoms with Crippen molar-refractivity contribution in [2.24, 2.45) is 0 Å². The number of carbonyl (C=O) groups excluding carboxylic acids is 1. The molecule has 0 radical (unpaired) electrons. The van der Waals surface area contributed by atoms with Gasteiger partial charge in [0.15, 0.2) is 0 Å². The van der Waals surface area contributed by atoms with Gasteiger partial charge in [0.05, 0.1) is 0 Å². The van der Waals surface area contributed by atoms with Crippen LogP contribution in [-0.4, -0.2) is 73.7 Å². The van der Waals surface area contributed by atoms with Gasteiger partial charge in [-0.15, -0.1) is 0 Å². The average molecular weight is 466 g/mol. The van der Waals surface area contributed by atoms with Crippen LogP contribution in [0.4, 0.5) is 0 Å². The highest BCUT2D eigenvalue weighted by Gasteiger charge is 2.33. The van der Waals surface area contributed by atoms with Gasteiger partial charge >= 0.3 is 0 Å². The molecule has 3 heterocycles. The molecule has 2 fully saturated rings. The van der Waals surface area contributed by atoms with Crippen LogP contribution in [0, 0.1) is 0 Å². The summed E-state index contributed by atoms with van der Waals surface area (Å²) in [5, 5.41) is 0.632. The second kappa shape index (κ2) is 9.73. The SMILES string of the molecule is O=C(/C=C/C1=Cc2cc(Cl)ccc2OC1)N1CCN(S(=O)(=O)N2CCCCCC2)CC1. The number of rotatable bonds is 4.